The maximum atomic E-state index is 5.95. The molecule has 3 nitrogen and oxygen atoms in total. The van der Waals surface area contributed by atoms with E-state index < -0.39 is 0 Å². The van der Waals surface area contributed by atoms with Crippen molar-refractivity contribution in [3.05, 3.63) is 0 Å². The van der Waals surface area contributed by atoms with Crippen molar-refractivity contribution < 1.29 is 9.47 Å². The first-order valence-electron chi connectivity index (χ1n) is 7.80. The van der Waals surface area contributed by atoms with E-state index in [1.807, 2.05) is 0 Å². The summed E-state index contributed by atoms with van der Waals surface area (Å²) in [4.78, 5) is 0. The minimum atomic E-state index is 0.274. The van der Waals surface area contributed by atoms with Crippen LogP contribution < -0.4 is 5.32 Å². The van der Waals surface area contributed by atoms with Crippen LogP contribution in [0.15, 0.2) is 0 Å². The summed E-state index contributed by atoms with van der Waals surface area (Å²) in [7, 11) is 0. The zero-order valence-electron chi connectivity index (χ0n) is 12.4. The van der Waals surface area contributed by atoms with Crippen LogP contribution in [0, 0.1) is 0 Å². The first-order valence-corrected chi connectivity index (χ1v) is 7.80. The Balaban J connectivity index is 2.15. The van der Waals surface area contributed by atoms with Crippen molar-refractivity contribution in [3.8, 4) is 0 Å². The summed E-state index contributed by atoms with van der Waals surface area (Å²) in [6.45, 7) is 9.30. The third-order valence-electron chi connectivity index (χ3n) is 3.56. The maximum absolute atomic E-state index is 5.95. The van der Waals surface area contributed by atoms with E-state index in [0.717, 1.165) is 32.6 Å². The van der Waals surface area contributed by atoms with E-state index in [0.29, 0.717) is 12.1 Å². The number of unbranched alkanes of at least 4 members (excludes halogenated alkanes) is 3. The SMILES string of the molecule is CCCCCCOC1CC(NCC)C1OCCC. The fourth-order valence-corrected chi connectivity index (χ4v) is 2.45. The van der Waals surface area contributed by atoms with E-state index in [1.165, 1.54) is 25.7 Å². The van der Waals surface area contributed by atoms with Crippen molar-refractivity contribution in [3.63, 3.8) is 0 Å². The second kappa shape index (κ2) is 9.76. The van der Waals surface area contributed by atoms with Crippen molar-refractivity contribution in [2.45, 2.75) is 77.5 Å². The number of nitrogens with one attached hydrogen (secondary N) is 1. The summed E-state index contributed by atoms with van der Waals surface area (Å²) >= 11 is 0. The van der Waals surface area contributed by atoms with Gasteiger partial charge in [-0.3, -0.25) is 0 Å². The first-order chi connectivity index (χ1) is 8.83. The maximum Gasteiger partial charge on any atom is 0.0990 e. The minimum absolute atomic E-state index is 0.274. The molecule has 0 radical (unpaired) electrons. The Bertz CT molecular complexity index is 199. The van der Waals surface area contributed by atoms with Crippen LogP contribution in [0.25, 0.3) is 0 Å². The van der Waals surface area contributed by atoms with Crippen molar-refractivity contribution in [1.29, 1.82) is 0 Å². The summed E-state index contributed by atoms with van der Waals surface area (Å²) in [5.41, 5.74) is 0. The molecule has 0 aromatic heterocycles. The highest BCUT2D eigenvalue weighted by Crippen LogP contribution is 2.27. The van der Waals surface area contributed by atoms with Crippen LogP contribution in [-0.2, 0) is 9.47 Å². The summed E-state index contributed by atoms with van der Waals surface area (Å²) in [6.07, 6.45) is 7.88. The number of likely N-dealkylation sites (N-methyl/N-ethyl adjacent to an activating group) is 1. The molecular weight excluding hydrogens is 226 g/mol. The monoisotopic (exact) mass is 257 g/mol. The Morgan fingerprint density at radius 2 is 1.78 bits per heavy atom. The molecule has 3 atom stereocenters. The van der Waals surface area contributed by atoms with Gasteiger partial charge in [0, 0.05) is 19.3 Å². The van der Waals surface area contributed by atoms with Gasteiger partial charge in [0.05, 0.1) is 12.2 Å². The van der Waals surface area contributed by atoms with Crippen LogP contribution in [-0.4, -0.2) is 38.0 Å². The largest absolute Gasteiger partial charge is 0.375 e. The molecule has 0 aromatic carbocycles. The fraction of sp³-hybridized carbons (Fsp3) is 1.00. The zero-order valence-corrected chi connectivity index (χ0v) is 12.4. The molecule has 3 heteroatoms. The van der Waals surface area contributed by atoms with E-state index in [1.54, 1.807) is 0 Å². The predicted octanol–water partition coefficient (Wildman–Crippen LogP) is 3.13. The molecule has 108 valence electrons. The van der Waals surface area contributed by atoms with E-state index in [4.69, 9.17) is 9.47 Å². The molecule has 1 aliphatic carbocycles. The van der Waals surface area contributed by atoms with Crippen molar-refractivity contribution >= 4 is 0 Å². The molecule has 3 unspecified atom stereocenters. The van der Waals surface area contributed by atoms with Gasteiger partial charge in [0.25, 0.3) is 0 Å². The van der Waals surface area contributed by atoms with Crippen LogP contribution in [0.4, 0.5) is 0 Å². The van der Waals surface area contributed by atoms with Crippen LogP contribution in [0.3, 0.4) is 0 Å². The Kier molecular flexibility index (Phi) is 8.64. The van der Waals surface area contributed by atoms with Gasteiger partial charge in [-0.2, -0.15) is 0 Å². The third-order valence-corrected chi connectivity index (χ3v) is 3.56. The molecule has 0 aliphatic heterocycles. The quantitative estimate of drug-likeness (QED) is 0.577. The Morgan fingerprint density at radius 1 is 0.944 bits per heavy atom. The summed E-state index contributed by atoms with van der Waals surface area (Å²) in [5, 5.41) is 3.48. The van der Waals surface area contributed by atoms with E-state index in [-0.39, 0.29) is 6.10 Å². The van der Waals surface area contributed by atoms with E-state index in [9.17, 15) is 0 Å². The van der Waals surface area contributed by atoms with Gasteiger partial charge in [-0.15, -0.1) is 0 Å². The Labute approximate surface area is 113 Å². The third kappa shape index (κ3) is 5.25. The molecule has 1 N–H and O–H groups in total. The molecule has 0 spiro atoms. The molecule has 18 heavy (non-hydrogen) atoms. The van der Waals surface area contributed by atoms with Gasteiger partial charge in [-0.1, -0.05) is 40.0 Å². The lowest BCUT2D eigenvalue weighted by molar-refractivity contribution is -0.147. The van der Waals surface area contributed by atoms with Crippen LogP contribution in [0.1, 0.15) is 59.3 Å². The van der Waals surface area contributed by atoms with Crippen LogP contribution >= 0.6 is 0 Å². The van der Waals surface area contributed by atoms with E-state index >= 15 is 0 Å². The molecule has 1 rings (SSSR count). The van der Waals surface area contributed by atoms with E-state index in [2.05, 4.69) is 26.1 Å². The van der Waals surface area contributed by atoms with Crippen molar-refractivity contribution in [2.75, 3.05) is 19.8 Å². The fourth-order valence-electron chi connectivity index (χ4n) is 2.45. The number of hydrogen-bond donors (Lipinski definition) is 1. The average Bonchev–Trinajstić information content (AvgIpc) is 2.36. The lowest BCUT2D eigenvalue weighted by Crippen LogP contribution is -2.60. The van der Waals surface area contributed by atoms with Crippen molar-refractivity contribution in [2.24, 2.45) is 0 Å². The molecule has 1 aliphatic rings. The zero-order chi connectivity index (χ0) is 13.2. The predicted molar refractivity (Wildman–Crippen MR) is 76.0 cm³/mol. The summed E-state index contributed by atoms with van der Waals surface area (Å²) in [6, 6.07) is 0.502. The molecule has 0 bridgehead atoms. The lowest BCUT2D eigenvalue weighted by atomic mass is 9.85. The molecular formula is C15H31NO2. The normalized spacial score (nSPS) is 27.2. The van der Waals surface area contributed by atoms with Gasteiger partial charge in [-0.25, -0.2) is 0 Å². The Morgan fingerprint density at radius 3 is 2.44 bits per heavy atom. The van der Waals surface area contributed by atoms with Crippen LogP contribution in [0.5, 0.6) is 0 Å². The van der Waals surface area contributed by atoms with Gasteiger partial charge >= 0.3 is 0 Å². The summed E-state index contributed by atoms with van der Waals surface area (Å²) in [5.74, 6) is 0. The summed E-state index contributed by atoms with van der Waals surface area (Å²) < 4.78 is 11.8. The smallest absolute Gasteiger partial charge is 0.0990 e. The lowest BCUT2D eigenvalue weighted by Gasteiger charge is -2.44. The number of hydrogen-bond acceptors (Lipinski definition) is 3. The topological polar surface area (TPSA) is 30.5 Å². The van der Waals surface area contributed by atoms with Gasteiger partial charge < -0.3 is 14.8 Å². The molecule has 0 saturated heterocycles. The van der Waals surface area contributed by atoms with Crippen LogP contribution in [0.2, 0.25) is 0 Å². The molecule has 1 saturated carbocycles. The second-order valence-corrected chi connectivity index (χ2v) is 5.21. The number of ether oxygens (including phenoxy) is 2. The standard InChI is InChI=1S/C15H31NO2/c1-4-7-8-9-11-17-14-12-13(16-6-3)15(14)18-10-5-2/h13-16H,4-12H2,1-3H3. The highest BCUT2D eigenvalue weighted by molar-refractivity contribution is 4.97. The van der Waals surface area contributed by atoms with Gasteiger partial charge in [0.2, 0.25) is 0 Å². The minimum Gasteiger partial charge on any atom is -0.375 e. The van der Waals surface area contributed by atoms with Gasteiger partial charge in [0.15, 0.2) is 0 Å². The highest BCUT2D eigenvalue weighted by Gasteiger charge is 2.42. The average molecular weight is 257 g/mol. The highest BCUT2D eigenvalue weighted by atomic mass is 16.5. The molecule has 1 fully saturated rings. The second-order valence-electron chi connectivity index (χ2n) is 5.21. The molecule has 0 aromatic rings. The van der Waals surface area contributed by atoms with Crippen molar-refractivity contribution in [1.82, 2.24) is 5.32 Å². The van der Waals surface area contributed by atoms with Gasteiger partial charge in [0.1, 0.15) is 0 Å². The van der Waals surface area contributed by atoms with Gasteiger partial charge in [-0.05, 0) is 25.8 Å². The molecule has 0 amide bonds. The number of rotatable bonds is 11. The Hall–Kier alpha value is -0.120. The molecule has 0 heterocycles. The first kappa shape index (κ1) is 15.9.